The van der Waals surface area contributed by atoms with Crippen LogP contribution < -0.4 is 5.32 Å². The molecular weight excluding hydrogens is 361 g/mol. The van der Waals surface area contributed by atoms with E-state index in [0.717, 1.165) is 12.1 Å². The molecule has 0 atom stereocenters. The van der Waals surface area contributed by atoms with Gasteiger partial charge in [-0.25, -0.2) is 4.98 Å². The van der Waals surface area contributed by atoms with Crippen molar-refractivity contribution in [2.45, 2.75) is 6.18 Å². The van der Waals surface area contributed by atoms with Crippen LogP contribution in [0.2, 0.25) is 5.15 Å². The summed E-state index contributed by atoms with van der Waals surface area (Å²) in [6, 6.07) is 6.90. The Bertz CT molecular complexity index is 892. The highest BCUT2D eigenvalue weighted by molar-refractivity contribution is 6.29. The molecule has 2 heterocycles. The Balaban J connectivity index is 1.74. The lowest BCUT2D eigenvalue weighted by molar-refractivity contribution is -0.137. The summed E-state index contributed by atoms with van der Waals surface area (Å²) in [6.07, 6.45) is -3.16. The minimum atomic E-state index is -4.43. The number of pyridine rings is 1. The van der Waals surface area contributed by atoms with Gasteiger partial charge in [0.25, 0.3) is 5.91 Å². The van der Waals surface area contributed by atoms with Gasteiger partial charge in [-0.3, -0.25) is 10.1 Å². The molecule has 10 heteroatoms. The van der Waals surface area contributed by atoms with E-state index in [9.17, 15) is 18.0 Å². The van der Waals surface area contributed by atoms with Gasteiger partial charge in [0.15, 0.2) is 0 Å². The summed E-state index contributed by atoms with van der Waals surface area (Å²) >= 11 is 5.63. The van der Waals surface area contributed by atoms with Crippen LogP contribution >= 0.6 is 11.6 Å². The van der Waals surface area contributed by atoms with Gasteiger partial charge in [0, 0.05) is 11.8 Å². The zero-order valence-corrected chi connectivity index (χ0v) is 13.0. The summed E-state index contributed by atoms with van der Waals surface area (Å²) in [5.74, 6) is -0.579. The third kappa shape index (κ3) is 3.94. The van der Waals surface area contributed by atoms with Crippen molar-refractivity contribution in [1.82, 2.24) is 15.2 Å². The molecule has 3 aromatic rings. The SMILES string of the molecule is O=C(Nc1nnc(-c2ccc(C(F)(F)F)cc2)o1)c1ccc(Cl)nc1. The molecule has 1 aromatic carbocycles. The van der Waals surface area contributed by atoms with Crippen LogP contribution in [0, 0.1) is 0 Å². The number of rotatable bonds is 3. The Labute approximate surface area is 143 Å². The number of hydrogen-bond donors (Lipinski definition) is 1. The molecule has 0 unspecified atom stereocenters. The van der Waals surface area contributed by atoms with Crippen molar-refractivity contribution in [2.24, 2.45) is 0 Å². The van der Waals surface area contributed by atoms with Crippen molar-refractivity contribution in [2.75, 3.05) is 5.32 Å². The standard InChI is InChI=1S/C15H8ClF3N4O2/c16-11-6-3-9(7-20-11)12(24)21-14-23-22-13(25-14)8-1-4-10(5-2-8)15(17,18)19/h1-7H,(H,21,23,24). The van der Waals surface area contributed by atoms with E-state index in [2.05, 4.69) is 20.5 Å². The molecule has 0 spiro atoms. The third-order valence-electron chi connectivity index (χ3n) is 3.09. The highest BCUT2D eigenvalue weighted by Gasteiger charge is 2.30. The van der Waals surface area contributed by atoms with Crippen molar-refractivity contribution in [1.29, 1.82) is 0 Å². The van der Waals surface area contributed by atoms with Crippen molar-refractivity contribution >= 4 is 23.5 Å². The molecule has 1 N–H and O–H groups in total. The first kappa shape index (κ1) is 16.9. The summed E-state index contributed by atoms with van der Waals surface area (Å²) in [7, 11) is 0. The molecular formula is C15H8ClF3N4O2. The molecule has 0 fully saturated rings. The highest BCUT2D eigenvalue weighted by Crippen LogP contribution is 2.30. The van der Waals surface area contributed by atoms with Crippen molar-refractivity contribution in [3.63, 3.8) is 0 Å². The summed E-state index contributed by atoms with van der Waals surface area (Å²) in [5, 5.41) is 9.92. The minimum Gasteiger partial charge on any atom is -0.403 e. The number of hydrogen-bond acceptors (Lipinski definition) is 5. The van der Waals surface area contributed by atoms with Crippen LogP contribution in [0.1, 0.15) is 15.9 Å². The number of aromatic nitrogens is 3. The molecule has 3 rings (SSSR count). The van der Waals surface area contributed by atoms with Crippen LogP contribution in [0.15, 0.2) is 47.0 Å². The Kier molecular flexibility index (Phi) is 4.41. The normalized spacial score (nSPS) is 11.4. The summed E-state index contributed by atoms with van der Waals surface area (Å²) in [6.45, 7) is 0. The first-order valence-electron chi connectivity index (χ1n) is 6.77. The molecule has 0 radical (unpaired) electrons. The molecule has 0 aliphatic rings. The number of carbonyl (C=O) groups is 1. The number of amides is 1. The van der Waals surface area contributed by atoms with Gasteiger partial charge in [-0.15, -0.1) is 5.10 Å². The number of carbonyl (C=O) groups excluding carboxylic acids is 1. The fourth-order valence-electron chi connectivity index (χ4n) is 1.87. The molecule has 0 aliphatic carbocycles. The smallest absolute Gasteiger partial charge is 0.403 e. The van der Waals surface area contributed by atoms with Crippen LogP contribution in [0.3, 0.4) is 0 Å². The second kappa shape index (κ2) is 6.52. The molecule has 0 saturated heterocycles. The number of anilines is 1. The predicted molar refractivity (Wildman–Crippen MR) is 81.9 cm³/mol. The highest BCUT2D eigenvalue weighted by atomic mass is 35.5. The Hall–Kier alpha value is -2.94. The Morgan fingerprint density at radius 3 is 2.40 bits per heavy atom. The van der Waals surface area contributed by atoms with Crippen molar-refractivity contribution in [3.05, 3.63) is 58.9 Å². The predicted octanol–water partition coefficient (Wildman–Crippen LogP) is 4.06. The monoisotopic (exact) mass is 368 g/mol. The van der Waals surface area contributed by atoms with Crippen LogP contribution in [-0.2, 0) is 6.18 Å². The van der Waals surface area contributed by atoms with E-state index < -0.39 is 17.6 Å². The van der Waals surface area contributed by atoms with E-state index in [1.165, 1.54) is 30.5 Å². The van der Waals surface area contributed by atoms with Gasteiger partial charge < -0.3 is 4.42 Å². The van der Waals surface area contributed by atoms with Gasteiger partial charge in [0.05, 0.1) is 11.1 Å². The van der Waals surface area contributed by atoms with Gasteiger partial charge in [-0.05, 0) is 36.4 Å². The van der Waals surface area contributed by atoms with Crippen molar-refractivity contribution < 1.29 is 22.4 Å². The van der Waals surface area contributed by atoms with Gasteiger partial charge in [0.1, 0.15) is 5.15 Å². The average molecular weight is 369 g/mol. The average Bonchev–Trinajstić information content (AvgIpc) is 3.03. The van der Waals surface area contributed by atoms with Crippen LogP contribution in [0.5, 0.6) is 0 Å². The molecule has 0 aliphatic heterocycles. The second-order valence-electron chi connectivity index (χ2n) is 4.81. The lowest BCUT2D eigenvalue weighted by Gasteiger charge is -2.05. The lowest BCUT2D eigenvalue weighted by Crippen LogP contribution is -2.12. The Morgan fingerprint density at radius 1 is 1.08 bits per heavy atom. The maximum atomic E-state index is 12.5. The number of benzene rings is 1. The first-order valence-corrected chi connectivity index (χ1v) is 7.15. The summed E-state index contributed by atoms with van der Waals surface area (Å²) in [5.41, 5.74) is -0.285. The van der Waals surface area contributed by atoms with E-state index in [1.54, 1.807) is 0 Å². The van der Waals surface area contributed by atoms with Gasteiger partial charge in [-0.2, -0.15) is 13.2 Å². The van der Waals surface area contributed by atoms with E-state index in [1.807, 2.05) is 0 Å². The largest absolute Gasteiger partial charge is 0.416 e. The molecule has 25 heavy (non-hydrogen) atoms. The van der Waals surface area contributed by atoms with Gasteiger partial charge in [0.2, 0.25) is 5.89 Å². The molecule has 1 amide bonds. The number of alkyl halides is 3. The topological polar surface area (TPSA) is 80.9 Å². The van der Waals surface area contributed by atoms with Gasteiger partial charge >= 0.3 is 12.2 Å². The van der Waals surface area contributed by atoms with E-state index in [-0.39, 0.29) is 28.2 Å². The number of nitrogens with zero attached hydrogens (tertiary/aromatic N) is 3. The minimum absolute atomic E-state index is 0.0294. The van der Waals surface area contributed by atoms with Crippen LogP contribution in [0.25, 0.3) is 11.5 Å². The van der Waals surface area contributed by atoms with Crippen LogP contribution in [-0.4, -0.2) is 21.1 Å². The van der Waals surface area contributed by atoms with E-state index >= 15 is 0 Å². The molecule has 0 bridgehead atoms. The van der Waals surface area contributed by atoms with Gasteiger partial charge in [-0.1, -0.05) is 16.7 Å². The fourth-order valence-corrected chi connectivity index (χ4v) is 1.98. The quantitative estimate of drug-likeness (QED) is 0.705. The molecule has 2 aromatic heterocycles. The number of halogens is 4. The van der Waals surface area contributed by atoms with Crippen LogP contribution in [0.4, 0.5) is 19.2 Å². The summed E-state index contributed by atoms with van der Waals surface area (Å²) < 4.78 is 42.9. The van der Waals surface area contributed by atoms with Crippen molar-refractivity contribution in [3.8, 4) is 11.5 Å². The second-order valence-corrected chi connectivity index (χ2v) is 5.20. The third-order valence-corrected chi connectivity index (χ3v) is 3.32. The zero-order valence-electron chi connectivity index (χ0n) is 12.2. The molecule has 6 nitrogen and oxygen atoms in total. The molecule has 128 valence electrons. The maximum absolute atomic E-state index is 12.5. The van der Waals surface area contributed by atoms with E-state index in [0.29, 0.717) is 0 Å². The Morgan fingerprint density at radius 2 is 1.80 bits per heavy atom. The fraction of sp³-hybridized carbons (Fsp3) is 0.0667. The lowest BCUT2D eigenvalue weighted by atomic mass is 10.1. The zero-order chi connectivity index (χ0) is 18.0. The van der Waals surface area contributed by atoms with E-state index in [4.69, 9.17) is 16.0 Å². The summed E-state index contributed by atoms with van der Waals surface area (Å²) in [4.78, 5) is 15.7. The first-order chi connectivity index (χ1) is 11.8. The number of nitrogens with one attached hydrogen (secondary N) is 1. The molecule has 0 saturated carbocycles. The maximum Gasteiger partial charge on any atom is 0.416 e.